The molecule has 0 saturated heterocycles. The maximum Gasteiger partial charge on any atom is 0.472 e. The lowest BCUT2D eigenvalue weighted by Gasteiger charge is -2.20. The van der Waals surface area contributed by atoms with E-state index < -0.39 is 51.1 Å². The Labute approximate surface area is 312 Å². The van der Waals surface area contributed by atoms with Crippen LogP contribution in [0, 0.1) is 0 Å². The van der Waals surface area contributed by atoms with Gasteiger partial charge in [-0.05, 0) is 70.6 Å². The van der Waals surface area contributed by atoms with E-state index in [0.717, 1.165) is 70.6 Å². The first kappa shape index (κ1) is 48.9. The van der Waals surface area contributed by atoms with Crippen LogP contribution in [0.25, 0.3) is 0 Å². The average Bonchev–Trinajstić information content (AvgIpc) is 3.12. The molecule has 11 nitrogen and oxygen atoms in total. The topological polar surface area (TPSA) is 172 Å². The number of rotatable bonds is 34. The zero-order chi connectivity index (χ0) is 38.5. The zero-order valence-corrected chi connectivity index (χ0v) is 32.5. The second-order valence-corrected chi connectivity index (χ2v) is 13.8. The smallest absolute Gasteiger partial charge is 0.472 e. The van der Waals surface area contributed by atoms with Crippen LogP contribution in [0.2, 0.25) is 0 Å². The monoisotopic (exact) mass is 751 g/mol. The van der Waals surface area contributed by atoms with Crippen molar-refractivity contribution in [3.05, 3.63) is 72.9 Å². The lowest BCUT2D eigenvalue weighted by Crippen LogP contribution is -2.34. The van der Waals surface area contributed by atoms with Crippen LogP contribution in [0.5, 0.6) is 0 Å². The van der Waals surface area contributed by atoms with E-state index in [1.54, 1.807) is 0 Å². The number of carboxylic acids is 1. The summed E-state index contributed by atoms with van der Waals surface area (Å²) >= 11 is 0. The lowest BCUT2D eigenvalue weighted by molar-refractivity contribution is -0.161. The van der Waals surface area contributed by atoms with Gasteiger partial charge in [0.25, 0.3) is 0 Å². The Kier molecular flexibility index (Phi) is 32.9. The van der Waals surface area contributed by atoms with Crippen LogP contribution < -0.4 is 5.73 Å². The molecule has 0 bridgehead atoms. The van der Waals surface area contributed by atoms with Gasteiger partial charge in [-0.2, -0.15) is 0 Å². The van der Waals surface area contributed by atoms with Crippen molar-refractivity contribution in [1.82, 2.24) is 0 Å². The Bertz CT molecular complexity index is 1160. The highest BCUT2D eigenvalue weighted by atomic mass is 31.2. The third-order valence-corrected chi connectivity index (χ3v) is 8.40. The van der Waals surface area contributed by atoms with E-state index >= 15 is 0 Å². The van der Waals surface area contributed by atoms with Crippen molar-refractivity contribution in [2.24, 2.45) is 5.73 Å². The van der Waals surface area contributed by atoms with Gasteiger partial charge >= 0.3 is 25.7 Å². The molecule has 0 aromatic rings. The van der Waals surface area contributed by atoms with E-state index in [4.69, 9.17) is 24.8 Å². The van der Waals surface area contributed by atoms with Crippen molar-refractivity contribution < 1.29 is 47.5 Å². The summed E-state index contributed by atoms with van der Waals surface area (Å²) in [6, 6.07) is -1.54. The van der Waals surface area contributed by atoms with E-state index in [2.05, 4.69) is 73.1 Å². The highest BCUT2D eigenvalue weighted by Gasteiger charge is 2.28. The normalized spacial score (nSPS) is 14.7. The van der Waals surface area contributed by atoms with Crippen molar-refractivity contribution in [1.29, 1.82) is 0 Å². The molecule has 0 spiro atoms. The van der Waals surface area contributed by atoms with Crippen molar-refractivity contribution in [3.63, 3.8) is 0 Å². The number of unbranched alkanes of at least 4 members (excludes halogenated alkanes) is 8. The van der Waals surface area contributed by atoms with E-state index in [1.807, 2.05) is 18.2 Å². The van der Waals surface area contributed by atoms with Gasteiger partial charge in [0.15, 0.2) is 6.10 Å². The van der Waals surface area contributed by atoms with E-state index in [1.165, 1.54) is 19.3 Å². The fourth-order valence-corrected chi connectivity index (χ4v) is 5.24. The number of nitrogens with two attached hydrogens (primary N) is 1. The fourth-order valence-electron chi connectivity index (χ4n) is 4.46. The highest BCUT2D eigenvalue weighted by molar-refractivity contribution is 7.47. The molecule has 0 aliphatic rings. The number of ether oxygens (including phenoxy) is 2. The molecular weight excluding hydrogens is 685 g/mol. The molecular formula is C40H66NO10P. The third-order valence-electron chi connectivity index (χ3n) is 7.45. The quantitative estimate of drug-likeness (QED) is 0.0248. The van der Waals surface area contributed by atoms with Crippen LogP contribution >= 0.6 is 7.82 Å². The van der Waals surface area contributed by atoms with Crippen LogP contribution in [0.1, 0.15) is 129 Å². The van der Waals surface area contributed by atoms with Gasteiger partial charge in [-0.25, -0.2) is 4.57 Å². The summed E-state index contributed by atoms with van der Waals surface area (Å²) < 4.78 is 32.4. The van der Waals surface area contributed by atoms with Gasteiger partial charge < -0.3 is 25.2 Å². The first-order valence-electron chi connectivity index (χ1n) is 19.0. The first-order chi connectivity index (χ1) is 25.1. The van der Waals surface area contributed by atoms with Gasteiger partial charge in [-0.3, -0.25) is 23.4 Å². The molecule has 4 N–H and O–H groups in total. The van der Waals surface area contributed by atoms with Crippen molar-refractivity contribution in [2.75, 3.05) is 19.8 Å². The van der Waals surface area contributed by atoms with Crippen molar-refractivity contribution in [2.45, 2.75) is 142 Å². The predicted octanol–water partition coefficient (Wildman–Crippen LogP) is 9.39. The minimum absolute atomic E-state index is 0.0331. The molecule has 12 heteroatoms. The Morgan fingerprint density at radius 1 is 0.615 bits per heavy atom. The molecule has 0 aliphatic carbocycles. The maximum atomic E-state index is 12.5. The molecule has 0 radical (unpaired) electrons. The number of carboxylic acid groups (broad SMARTS) is 1. The largest absolute Gasteiger partial charge is 0.480 e. The molecule has 0 aromatic carbocycles. The predicted molar refractivity (Wildman–Crippen MR) is 207 cm³/mol. The lowest BCUT2D eigenvalue weighted by atomic mass is 10.1. The van der Waals surface area contributed by atoms with E-state index in [-0.39, 0.29) is 19.4 Å². The number of carbonyl (C=O) groups excluding carboxylic acids is 2. The zero-order valence-electron chi connectivity index (χ0n) is 31.6. The number of carbonyl (C=O) groups is 3. The Morgan fingerprint density at radius 2 is 1.12 bits per heavy atom. The van der Waals surface area contributed by atoms with Gasteiger partial charge in [0.05, 0.1) is 13.2 Å². The van der Waals surface area contributed by atoms with Crippen LogP contribution in [-0.2, 0) is 37.5 Å². The molecule has 3 atom stereocenters. The number of allylic oxidation sites excluding steroid dienone is 12. The molecule has 0 rings (SSSR count). The minimum Gasteiger partial charge on any atom is -0.480 e. The molecule has 0 fully saturated rings. The summed E-state index contributed by atoms with van der Waals surface area (Å²) in [7, 11) is -4.74. The first-order valence-corrected chi connectivity index (χ1v) is 20.5. The molecule has 0 aliphatic heterocycles. The molecule has 3 unspecified atom stereocenters. The summed E-state index contributed by atoms with van der Waals surface area (Å²) in [5, 5.41) is 8.85. The molecule has 0 amide bonds. The maximum absolute atomic E-state index is 12.5. The van der Waals surface area contributed by atoms with Gasteiger partial charge in [0.1, 0.15) is 12.6 Å². The number of phosphoric ester groups is 1. The molecule has 296 valence electrons. The number of aliphatic carboxylic acids is 1. The highest BCUT2D eigenvalue weighted by Crippen LogP contribution is 2.43. The molecule has 52 heavy (non-hydrogen) atoms. The van der Waals surface area contributed by atoms with Gasteiger partial charge in [0, 0.05) is 12.8 Å². The van der Waals surface area contributed by atoms with Gasteiger partial charge in [-0.15, -0.1) is 0 Å². The second kappa shape index (κ2) is 35.0. The van der Waals surface area contributed by atoms with Crippen molar-refractivity contribution >= 4 is 25.7 Å². The van der Waals surface area contributed by atoms with Gasteiger partial charge in [-0.1, -0.05) is 119 Å². The summed E-state index contributed by atoms with van der Waals surface area (Å²) in [5.41, 5.74) is 5.31. The summed E-state index contributed by atoms with van der Waals surface area (Å²) in [5.74, 6) is -2.51. The standard InChI is InChI=1S/C40H66NO10P/c1-3-5-7-9-11-13-15-17-18-20-21-23-25-27-29-31-38(42)48-33-36(34-49-52(46,47)50-35-37(41)40(44)45)51-39(43)32-30-28-26-24-22-19-16-14-12-10-8-6-4-2/h6,8,11-14,17-19,22,26,28,36-37H,3-5,7,9-10,15-16,20-21,23-25,27,29-35,41H2,1-2H3,(H,44,45)(H,46,47)/b8-6-,13-11-,14-12-,18-17-,22-19-,28-26-. The number of hydrogen-bond donors (Lipinski definition) is 3. The SMILES string of the molecule is CC/C=C\C/C=C\C/C=C\C/C=C\CCC(=O)OC(COC(=O)CCCCCCC/C=C\C/C=C\CCCCC)COP(=O)(O)OCC(N)C(=O)O. The third kappa shape index (κ3) is 34.0. The Hall–Kier alpha value is -3.08. The summed E-state index contributed by atoms with van der Waals surface area (Å²) in [6.07, 6.45) is 39.9. The van der Waals surface area contributed by atoms with E-state index in [9.17, 15) is 23.8 Å². The van der Waals surface area contributed by atoms with Crippen LogP contribution in [0.15, 0.2) is 72.9 Å². The number of phosphoric acid groups is 1. The Balaban J connectivity index is 4.58. The average molecular weight is 752 g/mol. The Morgan fingerprint density at radius 3 is 1.69 bits per heavy atom. The molecule has 0 heterocycles. The molecule has 0 saturated carbocycles. The minimum atomic E-state index is -4.74. The number of esters is 2. The summed E-state index contributed by atoms with van der Waals surface area (Å²) in [4.78, 5) is 45.7. The van der Waals surface area contributed by atoms with Crippen LogP contribution in [-0.4, -0.2) is 59.9 Å². The van der Waals surface area contributed by atoms with Gasteiger partial charge in [0.2, 0.25) is 0 Å². The van der Waals surface area contributed by atoms with Crippen molar-refractivity contribution in [3.8, 4) is 0 Å². The van der Waals surface area contributed by atoms with Crippen LogP contribution in [0.3, 0.4) is 0 Å². The van der Waals surface area contributed by atoms with E-state index in [0.29, 0.717) is 12.8 Å². The fraction of sp³-hybridized carbons (Fsp3) is 0.625. The second-order valence-electron chi connectivity index (χ2n) is 12.3. The number of hydrogen-bond acceptors (Lipinski definition) is 9. The molecule has 0 aromatic heterocycles. The summed E-state index contributed by atoms with van der Waals surface area (Å²) in [6.45, 7) is 2.53. The van der Waals surface area contributed by atoms with Crippen LogP contribution in [0.4, 0.5) is 0 Å².